The number of carboxylic acid groups (broad SMARTS) is 1. The first-order valence-corrected chi connectivity index (χ1v) is 9.35. The zero-order chi connectivity index (χ0) is 18.4. The number of aliphatic carboxylic acids is 1. The van der Waals surface area contributed by atoms with Crippen molar-refractivity contribution in [2.75, 3.05) is 10.5 Å². The van der Waals surface area contributed by atoms with Crippen molar-refractivity contribution in [3.8, 4) is 0 Å². The Hall–Kier alpha value is -2.09. The van der Waals surface area contributed by atoms with Crippen molar-refractivity contribution in [3.05, 3.63) is 29.8 Å². The quantitative estimate of drug-likeness (QED) is 0.628. The maximum absolute atomic E-state index is 12.2. The maximum Gasteiger partial charge on any atom is 0.303 e. The highest BCUT2D eigenvalue weighted by atomic mass is 32.2. The highest BCUT2D eigenvalue weighted by molar-refractivity contribution is 7.92. The van der Waals surface area contributed by atoms with Crippen LogP contribution in [0.1, 0.15) is 50.4 Å². The molecule has 0 aliphatic heterocycles. The molecule has 1 aromatic rings. The van der Waals surface area contributed by atoms with Crippen LogP contribution in [-0.2, 0) is 14.8 Å². The van der Waals surface area contributed by atoms with Crippen LogP contribution in [0.4, 0.5) is 5.69 Å². The van der Waals surface area contributed by atoms with Crippen molar-refractivity contribution in [1.29, 1.82) is 0 Å². The fourth-order valence-corrected chi connectivity index (χ4v) is 3.19. The SMILES string of the molecule is CCCS(=O)(=O)Nc1ccc(C(=O)NC(C)(C)CCC(=O)O)cc1. The molecule has 0 saturated heterocycles. The van der Waals surface area contributed by atoms with Gasteiger partial charge in [0.15, 0.2) is 0 Å². The van der Waals surface area contributed by atoms with Crippen LogP contribution in [0.2, 0.25) is 0 Å². The number of anilines is 1. The van der Waals surface area contributed by atoms with Crippen LogP contribution < -0.4 is 10.0 Å². The number of rotatable bonds is 9. The number of benzene rings is 1. The Balaban J connectivity index is 2.71. The number of amides is 1. The Morgan fingerprint density at radius 3 is 2.25 bits per heavy atom. The molecule has 0 heterocycles. The van der Waals surface area contributed by atoms with Crippen molar-refractivity contribution >= 4 is 27.6 Å². The van der Waals surface area contributed by atoms with Gasteiger partial charge in [-0.25, -0.2) is 8.42 Å². The van der Waals surface area contributed by atoms with E-state index in [0.29, 0.717) is 24.1 Å². The number of nitrogens with one attached hydrogen (secondary N) is 2. The number of sulfonamides is 1. The van der Waals surface area contributed by atoms with E-state index in [1.165, 1.54) is 24.3 Å². The van der Waals surface area contributed by atoms with Crippen LogP contribution in [0.3, 0.4) is 0 Å². The van der Waals surface area contributed by atoms with Crippen LogP contribution >= 0.6 is 0 Å². The summed E-state index contributed by atoms with van der Waals surface area (Å²) < 4.78 is 25.8. The van der Waals surface area contributed by atoms with E-state index in [2.05, 4.69) is 10.0 Å². The van der Waals surface area contributed by atoms with Crippen LogP contribution in [0.25, 0.3) is 0 Å². The van der Waals surface area contributed by atoms with Gasteiger partial charge >= 0.3 is 5.97 Å². The summed E-state index contributed by atoms with van der Waals surface area (Å²) in [5, 5.41) is 11.5. The molecule has 0 fully saturated rings. The summed E-state index contributed by atoms with van der Waals surface area (Å²) in [6.45, 7) is 5.28. The topological polar surface area (TPSA) is 113 Å². The smallest absolute Gasteiger partial charge is 0.303 e. The van der Waals surface area contributed by atoms with Gasteiger partial charge in [-0.3, -0.25) is 14.3 Å². The van der Waals surface area contributed by atoms with E-state index >= 15 is 0 Å². The van der Waals surface area contributed by atoms with Gasteiger partial charge in [0.25, 0.3) is 5.91 Å². The first-order valence-electron chi connectivity index (χ1n) is 7.69. The summed E-state index contributed by atoms with van der Waals surface area (Å²) in [6.07, 6.45) is 0.787. The van der Waals surface area contributed by atoms with E-state index in [1.807, 2.05) is 0 Å². The van der Waals surface area contributed by atoms with Gasteiger partial charge < -0.3 is 10.4 Å². The molecule has 8 heteroatoms. The number of carbonyl (C=O) groups is 2. The summed E-state index contributed by atoms with van der Waals surface area (Å²) in [7, 11) is -3.37. The lowest BCUT2D eigenvalue weighted by Gasteiger charge is -2.25. The highest BCUT2D eigenvalue weighted by Gasteiger charge is 2.22. The van der Waals surface area contributed by atoms with Crippen LogP contribution in [0.15, 0.2) is 24.3 Å². The standard InChI is InChI=1S/C16H24N2O5S/c1-4-11-24(22,23)18-13-7-5-12(6-8-13)15(21)17-16(2,3)10-9-14(19)20/h5-8,18H,4,9-11H2,1-3H3,(H,17,21)(H,19,20). The summed E-state index contributed by atoms with van der Waals surface area (Å²) in [5.41, 5.74) is 0.110. The van der Waals surface area contributed by atoms with E-state index in [1.54, 1.807) is 20.8 Å². The number of hydrogen-bond donors (Lipinski definition) is 3. The number of carboxylic acids is 1. The number of carbonyl (C=O) groups excluding carboxylic acids is 1. The monoisotopic (exact) mass is 356 g/mol. The van der Waals surface area contributed by atoms with E-state index in [4.69, 9.17) is 5.11 Å². The molecular formula is C16H24N2O5S. The van der Waals surface area contributed by atoms with E-state index < -0.39 is 21.5 Å². The van der Waals surface area contributed by atoms with E-state index in [-0.39, 0.29) is 18.1 Å². The molecule has 0 unspecified atom stereocenters. The average Bonchev–Trinajstić information content (AvgIpc) is 2.45. The van der Waals surface area contributed by atoms with Gasteiger partial charge in [0.05, 0.1) is 5.75 Å². The third kappa shape index (κ3) is 6.99. The van der Waals surface area contributed by atoms with Crippen molar-refractivity contribution < 1.29 is 23.1 Å². The normalized spacial score (nSPS) is 11.8. The van der Waals surface area contributed by atoms with Crippen molar-refractivity contribution in [2.45, 2.75) is 45.6 Å². The van der Waals surface area contributed by atoms with Crippen molar-refractivity contribution in [1.82, 2.24) is 5.32 Å². The van der Waals surface area contributed by atoms with Gasteiger partial charge in [-0.05, 0) is 51.0 Å². The van der Waals surface area contributed by atoms with Gasteiger partial charge in [0.1, 0.15) is 0 Å². The molecule has 1 amide bonds. The summed E-state index contributed by atoms with van der Waals surface area (Å²) in [6, 6.07) is 6.08. The zero-order valence-electron chi connectivity index (χ0n) is 14.1. The molecular weight excluding hydrogens is 332 g/mol. The highest BCUT2D eigenvalue weighted by Crippen LogP contribution is 2.15. The minimum atomic E-state index is -3.37. The van der Waals surface area contributed by atoms with Gasteiger partial charge in [-0.2, -0.15) is 0 Å². The summed E-state index contributed by atoms with van der Waals surface area (Å²) in [5.74, 6) is -1.22. The van der Waals surface area contributed by atoms with Crippen LogP contribution in [0.5, 0.6) is 0 Å². The molecule has 1 aromatic carbocycles. The Bertz CT molecular complexity index is 681. The largest absolute Gasteiger partial charge is 0.481 e. The molecule has 0 saturated carbocycles. The second kappa shape index (κ2) is 8.14. The van der Waals surface area contributed by atoms with Gasteiger partial charge in [0, 0.05) is 23.2 Å². The first-order chi connectivity index (χ1) is 11.0. The van der Waals surface area contributed by atoms with Crippen LogP contribution in [-0.4, -0.2) is 36.7 Å². The Kier molecular flexibility index (Phi) is 6.77. The Morgan fingerprint density at radius 2 is 1.75 bits per heavy atom. The molecule has 0 aliphatic carbocycles. The third-order valence-corrected chi connectivity index (χ3v) is 4.80. The second-order valence-corrected chi connectivity index (χ2v) is 8.07. The molecule has 0 spiro atoms. The predicted octanol–water partition coefficient (Wildman–Crippen LogP) is 2.21. The average molecular weight is 356 g/mol. The van der Waals surface area contributed by atoms with Gasteiger partial charge in [-0.1, -0.05) is 6.92 Å². The zero-order valence-corrected chi connectivity index (χ0v) is 14.9. The summed E-state index contributed by atoms with van der Waals surface area (Å²) >= 11 is 0. The summed E-state index contributed by atoms with van der Waals surface area (Å²) in [4.78, 5) is 22.8. The van der Waals surface area contributed by atoms with Gasteiger partial charge in [-0.15, -0.1) is 0 Å². The van der Waals surface area contributed by atoms with E-state index in [0.717, 1.165) is 0 Å². The fraction of sp³-hybridized carbons (Fsp3) is 0.500. The lowest BCUT2D eigenvalue weighted by Crippen LogP contribution is -2.43. The van der Waals surface area contributed by atoms with Crippen molar-refractivity contribution in [2.24, 2.45) is 0 Å². The van der Waals surface area contributed by atoms with Gasteiger partial charge in [0.2, 0.25) is 10.0 Å². The van der Waals surface area contributed by atoms with Crippen molar-refractivity contribution in [3.63, 3.8) is 0 Å². The molecule has 134 valence electrons. The Morgan fingerprint density at radius 1 is 1.17 bits per heavy atom. The molecule has 7 nitrogen and oxygen atoms in total. The molecule has 0 aliphatic rings. The minimum Gasteiger partial charge on any atom is -0.481 e. The molecule has 0 aromatic heterocycles. The Labute approximate surface area is 142 Å². The molecule has 0 radical (unpaired) electrons. The molecule has 24 heavy (non-hydrogen) atoms. The lowest BCUT2D eigenvalue weighted by atomic mass is 9.97. The second-order valence-electron chi connectivity index (χ2n) is 6.23. The number of hydrogen-bond acceptors (Lipinski definition) is 4. The fourth-order valence-electron chi connectivity index (χ4n) is 2.05. The van der Waals surface area contributed by atoms with Crippen LogP contribution in [0, 0.1) is 0 Å². The van der Waals surface area contributed by atoms with E-state index in [9.17, 15) is 18.0 Å². The predicted molar refractivity (Wildman–Crippen MR) is 92.6 cm³/mol. The first kappa shape index (κ1) is 20.0. The molecule has 3 N–H and O–H groups in total. The lowest BCUT2D eigenvalue weighted by molar-refractivity contribution is -0.137. The molecule has 0 atom stereocenters. The molecule has 1 rings (SSSR count). The third-order valence-electron chi connectivity index (χ3n) is 3.31. The minimum absolute atomic E-state index is 0.0347. The molecule has 0 bridgehead atoms. The maximum atomic E-state index is 12.2.